The molecule has 3 nitrogen and oxygen atoms in total. The van der Waals surface area contributed by atoms with Crippen molar-refractivity contribution in [2.45, 2.75) is 18.4 Å². The maximum Gasteiger partial charge on any atom is 0.125 e. The molecule has 2 N–H and O–H groups in total. The van der Waals surface area contributed by atoms with Crippen molar-refractivity contribution in [2.75, 3.05) is 32.1 Å². The van der Waals surface area contributed by atoms with Crippen molar-refractivity contribution in [3.8, 4) is 0 Å². The highest BCUT2D eigenvalue weighted by Gasteiger charge is 2.33. The van der Waals surface area contributed by atoms with Crippen molar-refractivity contribution in [3.63, 3.8) is 0 Å². The molecule has 1 atom stereocenters. The lowest BCUT2D eigenvalue weighted by molar-refractivity contribution is 0.124. The van der Waals surface area contributed by atoms with E-state index in [1.54, 1.807) is 6.07 Å². The largest absolute Gasteiger partial charge is 0.394 e. The molecule has 1 aliphatic rings. The molecule has 0 radical (unpaired) electrons. The van der Waals surface area contributed by atoms with Crippen LogP contribution in [-0.4, -0.2) is 42.3 Å². The second-order valence-corrected chi connectivity index (χ2v) is 4.92. The van der Waals surface area contributed by atoms with Gasteiger partial charge in [-0.2, -0.15) is 0 Å². The predicted molar refractivity (Wildman–Crippen MR) is 66.6 cm³/mol. The van der Waals surface area contributed by atoms with Crippen LogP contribution in [0.2, 0.25) is 0 Å². The third kappa shape index (κ3) is 2.96. The molecule has 2 rings (SSSR count). The lowest BCUT2D eigenvalue weighted by atomic mass is 9.89. The van der Waals surface area contributed by atoms with Gasteiger partial charge in [0.2, 0.25) is 0 Å². The molecule has 1 heterocycles. The fourth-order valence-corrected chi connectivity index (χ4v) is 2.51. The van der Waals surface area contributed by atoms with Crippen molar-refractivity contribution in [2.24, 2.45) is 0 Å². The lowest BCUT2D eigenvalue weighted by Crippen LogP contribution is -2.54. The predicted octanol–water partition coefficient (Wildman–Crippen LogP) is 1.69. The molecule has 0 aromatic heterocycles. The lowest BCUT2D eigenvalue weighted by Gasteiger charge is -2.41. The monoisotopic (exact) mass is 238 g/mol. The Morgan fingerprint density at radius 2 is 2.35 bits per heavy atom. The molecule has 1 aliphatic heterocycles. The Kier molecular flexibility index (Phi) is 3.64. The van der Waals surface area contributed by atoms with E-state index in [9.17, 15) is 9.50 Å². The van der Waals surface area contributed by atoms with Crippen molar-refractivity contribution in [1.82, 2.24) is 4.90 Å². The Bertz CT molecular complexity index is 385. The van der Waals surface area contributed by atoms with Gasteiger partial charge in [-0.15, -0.1) is 0 Å². The summed E-state index contributed by atoms with van der Waals surface area (Å²) in [5.74, 6) is -0.257. The van der Waals surface area contributed by atoms with Gasteiger partial charge >= 0.3 is 0 Å². The summed E-state index contributed by atoms with van der Waals surface area (Å²) in [6.07, 6.45) is 1.95. The third-order valence-corrected chi connectivity index (χ3v) is 3.30. The van der Waals surface area contributed by atoms with Gasteiger partial charge in [0.25, 0.3) is 0 Å². The molecular weight excluding hydrogens is 219 g/mol. The molecule has 0 amide bonds. The summed E-state index contributed by atoms with van der Waals surface area (Å²) in [6.45, 7) is 1.89. The number of nitrogens with zero attached hydrogens (tertiary/aromatic N) is 1. The van der Waals surface area contributed by atoms with Crippen molar-refractivity contribution < 1.29 is 9.50 Å². The van der Waals surface area contributed by atoms with Crippen molar-refractivity contribution >= 4 is 5.69 Å². The molecule has 1 aromatic carbocycles. The van der Waals surface area contributed by atoms with Gasteiger partial charge in [-0.3, -0.25) is 0 Å². The number of hydrogen-bond donors (Lipinski definition) is 2. The topological polar surface area (TPSA) is 35.5 Å². The van der Waals surface area contributed by atoms with E-state index in [-0.39, 0.29) is 18.0 Å². The Balaban J connectivity index is 2.13. The minimum absolute atomic E-state index is 0.0633. The first-order chi connectivity index (χ1) is 8.13. The molecule has 0 aliphatic carbocycles. The fourth-order valence-electron chi connectivity index (χ4n) is 2.51. The molecule has 1 saturated heterocycles. The molecule has 1 aromatic rings. The zero-order valence-electron chi connectivity index (χ0n) is 10.1. The second kappa shape index (κ2) is 5.02. The summed E-state index contributed by atoms with van der Waals surface area (Å²) in [5, 5.41) is 12.9. The highest BCUT2D eigenvalue weighted by Crippen LogP contribution is 2.25. The first-order valence-electron chi connectivity index (χ1n) is 5.97. The molecule has 17 heavy (non-hydrogen) atoms. The number of likely N-dealkylation sites (tertiary alicyclic amines) is 1. The van der Waals surface area contributed by atoms with Crippen LogP contribution in [-0.2, 0) is 0 Å². The highest BCUT2D eigenvalue weighted by molar-refractivity contribution is 5.46. The molecule has 4 heteroatoms. The first-order valence-corrected chi connectivity index (χ1v) is 5.97. The van der Waals surface area contributed by atoms with Crippen molar-refractivity contribution in [3.05, 3.63) is 30.1 Å². The Hall–Kier alpha value is -1.13. The number of piperidine rings is 1. The van der Waals surface area contributed by atoms with Crippen LogP contribution in [0.25, 0.3) is 0 Å². The number of hydrogen-bond acceptors (Lipinski definition) is 3. The van der Waals surface area contributed by atoms with E-state index in [1.165, 1.54) is 12.1 Å². The van der Waals surface area contributed by atoms with E-state index in [0.717, 1.165) is 31.6 Å². The van der Waals surface area contributed by atoms with Crippen LogP contribution in [0.5, 0.6) is 0 Å². The number of likely N-dealkylation sites (N-methyl/N-ethyl adjacent to an activating group) is 1. The van der Waals surface area contributed by atoms with Crippen LogP contribution < -0.4 is 5.32 Å². The molecule has 1 fully saturated rings. The van der Waals surface area contributed by atoms with Gasteiger partial charge in [0.1, 0.15) is 5.82 Å². The molecule has 0 bridgehead atoms. The summed E-state index contributed by atoms with van der Waals surface area (Å²) in [7, 11) is 2.04. The third-order valence-electron chi connectivity index (χ3n) is 3.30. The van der Waals surface area contributed by atoms with Crippen LogP contribution in [0.4, 0.5) is 10.1 Å². The summed E-state index contributed by atoms with van der Waals surface area (Å²) in [4.78, 5) is 2.19. The van der Waals surface area contributed by atoms with Crippen LogP contribution in [0, 0.1) is 5.82 Å². The average Bonchev–Trinajstić information content (AvgIpc) is 2.29. The van der Waals surface area contributed by atoms with Gasteiger partial charge in [0.05, 0.1) is 12.1 Å². The summed E-state index contributed by atoms with van der Waals surface area (Å²) >= 11 is 0. The van der Waals surface area contributed by atoms with E-state index < -0.39 is 0 Å². The Labute approximate surface area is 101 Å². The van der Waals surface area contributed by atoms with Gasteiger partial charge < -0.3 is 15.3 Å². The average molecular weight is 238 g/mol. The number of aliphatic hydroxyl groups is 1. The van der Waals surface area contributed by atoms with E-state index in [2.05, 4.69) is 10.2 Å². The van der Waals surface area contributed by atoms with Gasteiger partial charge in [-0.1, -0.05) is 6.07 Å². The van der Waals surface area contributed by atoms with E-state index in [4.69, 9.17) is 0 Å². The van der Waals surface area contributed by atoms with Crippen LogP contribution in [0.15, 0.2) is 24.3 Å². The van der Waals surface area contributed by atoms with E-state index in [0.29, 0.717) is 0 Å². The molecule has 94 valence electrons. The number of rotatable bonds is 3. The maximum absolute atomic E-state index is 13.1. The van der Waals surface area contributed by atoms with E-state index in [1.807, 2.05) is 13.1 Å². The van der Waals surface area contributed by atoms with Crippen LogP contribution >= 0.6 is 0 Å². The van der Waals surface area contributed by atoms with Gasteiger partial charge in [0, 0.05) is 12.2 Å². The smallest absolute Gasteiger partial charge is 0.125 e. The number of aliphatic hydroxyl groups excluding tert-OH is 1. The SMILES string of the molecule is CN1CCCC(CO)(Nc2cccc(F)c2)C1. The quantitative estimate of drug-likeness (QED) is 0.841. The number of benzene rings is 1. The van der Waals surface area contributed by atoms with Crippen LogP contribution in [0.3, 0.4) is 0 Å². The summed E-state index contributed by atoms with van der Waals surface area (Å²) in [5.41, 5.74) is 0.384. The highest BCUT2D eigenvalue weighted by atomic mass is 19.1. The first kappa shape index (κ1) is 12.3. The Morgan fingerprint density at radius 3 is 3.00 bits per heavy atom. The minimum Gasteiger partial charge on any atom is -0.394 e. The second-order valence-electron chi connectivity index (χ2n) is 4.92. The fraction of sp³-hybridized carbons (Fsp3) is 0.538. The Morgan fingerprint density at radius 1 is 1.53 bits per heavy atom. The molecular formula is C13H19FN2O. The van der Waals surface area contributed by atoms with Crippen LogP contribution in [0.1, 0.15) is 12.8 Å². The zero-order valence-corrected chi connectivity index (χ0v) is 10.1. The minimum atomic E-state index is -0.346. The van der Waals surface area contributed by atoms with Gasteiger partial charge in [-0.25, -0.2) is 4.39 Å². The normalized spacial score (nSPS) is 25.8. The number of halogens is 1. The van der Waals surface area contributed by atoms with E-state index >= 15 is 0 Å². The number of anilines is 1. The molecule has 0 spiro atoms. The number of nitrogens with one attached hydrogen (secondary N) is 1. The van der Waals surface area contributed by atoms with Gasteiger partial charge in [-0.05, 0) is 44.6 Å². The molecule has 0 saturated carbocycles. The molecule has 1 unspecified atom stereocenters. The van der Waals surface area contributed by atoms with Gasteiger partial charge in [0.15, 0.2) is 0 Å². The zero-order chi connectivity index (χ0) is 12.3. The maximum atomic E-state index is 13.1. The summed E-state index contributed by atoms with van der Waals surface area (Å²) in [6, 6.07) is 6.39. The summed E-state index contributed by atoms with van der Waals surface area (Å²) < 4.78 is 13.1. The van der Waals surface area contributed by atoms with Crippen molar-refractivity contribution in [1.29, 1.82) is 0 Å². The standard InChI is InChI=1S/C13H19FN2O/c1-16-7-3-6-13(9-16,10-17)15-12-5-2-4-11(14)8-12/h2,4-5,8,15,17H,3,6-7,9-10H2,1H3.